The third-order valence-corrected chi connectivity index (χ3v) is 2.62. The maximum atomic E-state index is 11.3. The first-order valence-electron chi connectivity index (χ1n) is 5.08. The molecule has 0 fully saturated rings. The van der Waals surface area contributed by atoms with Crippen LogP contribution in [0.3, 0.4) is 0 Å². The van der Waals surface area contributed by atoms with E-state index in [1.165, 1.54) is 0 Å². The standard InChI is InChI=1S/C11H18N2OS/c1-11(2,9-4-3-6-12-9)8-13-10(14)5-7-15/h3-4,6,12,15H,5,7-8H2,1-2H3,(H,13,14). The van der Waals surface area contributed by atoms with Crippen molar-refractivity contribution in [2.24, 2.45) is 0 Å². The van der Waals surface area contributed by atoms with Crippen molar-refractivity contribution < 1.29 is 4.79 Å². The van der Waals surface area contributed by atoms with Crippen molar-refractivity contribution in [2.75, 3.05) is 12.3 Å². The Morgan fingerprint density at radius 1 is 1.60 bits per heavy atom. The number of hydrogen-bond acceptors (Lipinski definition) is 2. The monoisotopic (exact) mass is 226 g/mol. The van der Waals surface area contributed by atoms with E-state index in [-0.39, 0.29) is 11.3 Å². The molecule has 0 saturated carbocycles. The van der Waals surface area contributed by atoms with E-state index in [1.807, 2.05) is 18.3 Å². The quantitative estimate of drug-likeness (QED) is 0.658. The summed E-state index contributed by atoms with van der Waals surface area (Å²) >= 11 is 4.02. The second-order valence-corrected chi connectivity index (χ2v) is 4.67. The molecule has 0 spiro atoms. The average molecular weight is 226 g/mol. The first kappa shape index (κ1) is 12.2. The molecule has 1 aromatic heterocycles. The van der Waals surface area contributed by atoms with Gasteiger partial charge in [-0.2, -0.15) is 12.6 Å². The zero-order valence-corrected chi connectivity index (χ0v) is 10.1. The lowest BCUT2D eigenvalue weighted by Crippen LogP contribution is -2.36. The lowest BCUT2D eigenvalue weighted by Gasteiger charge is -2.23. The summed E-state index contributed by atoms with van der Waals surface area (Å²) in [6.45, 7) is 4.83. The summed E-state index contributed by atoms with van der Waals surface area (Å²) in [4.78, 5) is 14.5. The summed E-state index contributed by atoms with van der Waals surface area (Å²) < 4.78 is 0. The molecule has 0 aliphatic rings. The highest BCUT2D eigenvalue weighted by Crippen LogP contribution is 2.19. The van der Waals surface area contributed by atoms with Crippen LogP contribution < -0.4 is 5.32 Å². The second-order valence-electron chi connectivity index (χ2n) is 4.22. The maximum absolute atomic E-state index is 11.3. The van der Waals surface area contributed by atoms with Gasteiger partial charge in [-0.15, -0.1) is 0 Å². The molecule has 1 amide bonds. The number of H-pyrrole nitrogens is 1. The number of aromatic nitrogens is 1. The van der Waals surface area contributed by atoms with Gasteiger partial charge in [0, 0.05) is 30.3 Å². The van der Waals surface area contributed by atoms with Gasteiger partial charge in [0.05, 0.1) is 0 Å². The van der Waals surface area contributed by atoms with Gasteiger partial charge in [-0.1, -0.05) is 13.8 Å². The van der Waals surface area contributed by atoms with Gasteiger partial charge in [0.1, 0.15) is 0 Å². The van der Waals surface area contributed by atoms with Crippen LogP contribution in [0.15, 0.2) is 18.3 Å². The van der Waals surface area contributed by atoms with E-state index in [9.17, 15) is 4.79 Å². The van der Waals surface area contributed by atoms with Gasteiger partial charge in [0.15, 0.2) is 0 Å². The van der Waals surface area contributed by atoms with Crippen molar-refractivity contribution >= 4 is 18.5 Å². The number of carbonyl (C=O) groups is 1. The largest absolute Gasteiger partial charge is 0.364 e. The molecule has 0 aliphatic carbocycles. The van der Waals surface area contributed by atoms with Crippen molar-refractivity contribution in [2.45, 2.75) is 25.7 Å². The van der Waals surface area contributed by atoms with Gasteiger partial charge < -0.3 is 10.3 Å². The number of amides is 1. The van der Waals surface area contributed by atoms with Crippen LogP contribution in [0.25, 0.3) is 0 Å². The molecular formula is C11H18N2OS. The summed E-state index contributed by atoms with van der Waals surface area (Å²) in [7, 11) is 0. The van der Waals surface area contributed by atoms with E-state index < -0.39 is 0 Å². The van der Waals surface area contributed by atoms with Crippen LogP contribution in [-0.2, 0) is 10.2 Å². The lowest BCUT2D eigenvalue weighted by molar-refractivity contribution is -0.120. The van der Waals surface area contributed by atoms with E-state index >= 15 is 0 Å². The molecule has 0 atom stereocenters. The summed E-state index contributed by atoms with van der Waals surface area (Å²) in [6, 6.07) is 4.00. The van der Waals surface area contributed by atoms with E-state index in [4.69, 9.17) is 0 Å². The van der Waals surface area contributed by atoms with Crippen LogP contribution in [0.4, 0.5) is 0 Å². The van der Waals surface area contributed by atoms with Gasteiger partial charge in [-0.3, -0.25) is 4.79 Å². The van der Waals surface area contributed by atoms with Gasteiger partial charge in [0.2, 0.25) is 5.91 Å². The minimum atomic E-state index is -0.0598. The molecule has 0 unspecified atom stereocenters. The minimum absolute atomic E-state index is 0.0598. The average Bonchev–Trinajstić information content (AvgIpc) is 2.69. The van der Waals surface area contributed by atoms with Crippen molar-refractivity contribution in [1.82, 2.24) is 10.3 Å². The molecule has 0 radical (unpaired) electrons. The number of hydrogen-bond donors (Lipinski definition) is 3. The van der Waals surface area contributed by atoms with Crippen molar-refractivity contribution in [3.63, 3.8) is 0 Å². The normalized spacial score (nSPS) is 11.4. The molecule has 0 saturated heterocycles. The second kappa shape index (κ2) is 5.26. The van der Waals surface area contributed by atoms with Crippen LogP contribution in [0.5, 0.6) is 0 Å². The zero-order valence-electron chi connectivity index (χ0n) is 9.21. The Balaban J connectivity index is 2.47. The van der Waals surface area contributed by atoms with E-state index in [1.54, 1.807) is 0 Å². The Bertz CT molecular complexity index is 306. The van der Waals surface area contributed by atoms with Crippen molar-refractivity contribution in [1.29, 1.82) is 0 Å². The molecule has 2 N–H and O–H groups in total. The smallest absolute Gasteiger partial charge is 0.220 e. The molecule has 15 heavy (non-hydrogen) atoms. The van der Waals surface area contributed by atoms with Gasteiger partial charge >= 0.3 is 0 Å². The van der Waals surface area contributed by atoms with Crippen molar-refractivity contribution in [3.8, 4) is 0 Å². The number of carbonyl (C=O) groups excluding carboxylic acids is 1. The zero-order chi connectivity index (χ0) is 11.3. The van der Waals surface area contributed by atoms with E-state index in [2.05, 4.69) is 36.8 Å². The predicted octanol–water partition coefficient (Wildman–Crippen LogP) is 1.73. The highest BCUT2D eigenvalue weighted by molar-refractivity contribution is 7.80. The van der Waals surface area contributed by atoms with Gasteiger partial charge in [-0.05, 0) is 17.9 Å². The fourth-order valence-electron chi connectivity index (χ4n) is 1.36. The minimum Gasteiger partial charge on any atom is -0.364 e. The van der Waals surface area contributed by atoms with Gasteiger partial charge in [-0.25, -0.2) is 0 Å². The Kier molecular flexibility index (Phi) is 4.27. The van der Waals surface area contributed by atoms with Crippen LogP contribution >= 0.6 is 12.6 Å². The number of thiol groups is 1. The fraction of sp³-hybridized carbons (Fsp3) is 0.545. The summed E-state index contributed by atoms with van der Waals surface area (Å²) in [6.07, 6.45) is 2.37. The van der Waals surface area contributed by atoms with E-state index in [0.29, 0.717) is 18.7 Å². The third kappa shape index (κ3) is 3.63. The summed E-state index contributed by atoms with van der Waals surface area (Å²) in [5.74, 6) is 0.652. The number of rotatable bonds is 5. The SMILES string of the molecule is CC(C)(CNC(=O)CCS)c1ccc[nH]1. The first-order chi connectivity index (χ1) is 7.06. The van der Waals surface area contributed by atoms with Crippen LogP contribution in [-0.4, -0.2) is 23.2 Å². The first-order valence-corrected chi connectivity index (χ1v) is 5.71. The molecule has 1 aromatic rings. The molecule has 1 heterocycles. The highest BCUT2D eigenvalue weighted by Gasteiger charge is 2.21. The molecule has 0 bridgehead atoms. The predicted molar refractivity (Wildman–Crippen MR) is 65.3 cm³/mol. The van der Waals surface area contributed by atoms with Crippen LogP contribution in [0.1, 0.15) is 26.0 Å². The molecule has 0 aliphatic heterocycles. The Morgan fingerprint density at radius 3 is 2.87 bits per heavy atom. The van der Waals surface area contributed by atoms with E-state index in [0.717, 1.165) is 5.69 Å². The number of nitrogens with one attached hydrogen (secondary N) is 2. The Labute approximate surface area is 96.1 Å². The van der Waals surface area contributed by atoms with Gasteiger partial charge in [0.25, 0.3) is 0 Å². The Morgan fingerprint density at radius 2 is 2.33 bits per heavy atom. The summed E-state index contributed by atoms with van der Waals surface area (Å²) in [5, 5.41) is 2.90. The summed E-state index contributed by atoms with van der Waals surface area (Å²) in [5.41, 5.74) is 1.07. The lowest BCUT2D eigenvalue weighted by atomic mass is 9.89. The highest BCUT2D eigenvalue weighted by atomic mass is 32.1. The fourth-order valence-corrected chi connectivity index (χ4v) is 1.56. The topological polar surface area (TPSA) is 44.9 Å². The molecule has 84 valence electrons. The Hall–Kier alpha value is -0.900. The molecule has 0 aromatic carbocycles. The van der Waals surface area contributed by atoms with Crippen molar-refractivity contribution in [3.05, 3.63) is 24.0 Å². The number of aromatic amines is 1. The van der Waals surface area contributed by atoms with Crippen LogP contribution in [0.2, 0.25) is 0 Å². The third-order valence-electron chi connectivity index (χ3n) is 2.39. The molecule has 3 nitrogen and oxygen atoms in total. The van der Waals surface area contributed by atoms with Crippen LogP contribution in [0, 0.1) is 0 Å². The molecular weight excluding hydrogens is 208 g/mol. The molecule has 4 heteroatoms. The molecule has 1 rings (SSSR count). The maximum Gasteiger partial charge on any atom is 0.220 e.